The molecule has 2 N–H and O–H groups in total. The van der Waals surface area contributed by atoms with Gasteiger partial charge in [0.2, 0.25) is 0 Å². The van der Waals surface area contributed by atoms with Gasteiger partial charge < -0.3 is 0 Å². The lowest BCUT2D eigenvalue weighted by molar-refractivity contribution is 0.977. The molecule has 1 heterocycles. The Morgan fingerprint density at radius 3 is 2.83 bits per heavy atom. The number of aromatic amines is 1. The first-order valence-corrected chi connectivity index (χ1v) is 6.12. The average Bonchev–Trinajstić information content (AvgIpc) is 2.37. The van der Waals surface area contributed by atoms with Crippen LogP contribution in [0.4, 0.5) is 5.69 Å². The zero-order valence-corrected chi connectivity index (χ0v) is 11.4. The average molecular weight is 328 g/mol. The van der Waals surface area contributed by atoms with Gasteiger partial charge in [0.05, 0.1) is 18.1 Å². The summed E-state index contributed by atoms with van der Waals surface area (Å²) in [5, 5.41) is 10.6. The maximum Gasteiger partial charge on any atom is 0.280 e. The molecule has 92 valence electrons. The molecule has 1 aromatic carbocycles. The molecular formula is C11H8BrClN4O. The molecule has 0 aliphatic heterocycles. The second-order valence-electron chi connectivity index (χ2n) is 3.35. The third-order valence-electron chi connectivity index (χ3n) is 2.06. The Morgan fingerprint density at radius 1 is 1.39 bits per heavy atom. The van der Waals surface area contributed by atoms with Crippen molar-refractivity contribution in [2.45, 2.75) is 0 Å². The number of aromatic nitrogens is 2. The molecule has 0 saturated carbocycles. The second-order valence-corrected chi connectivity index (χ2v) is 4.58. The highest BCUT2D eigenvalue weighted by Gasteiger charge is 2.02. The molecule has 0 atom stereocenters. The van der Waals surface area contributed by atoms with E-state index in [9.17, 15) is 4.79 Å². The van der Waals surface area contributed by atoms with E-state index in [2.05, 4.69) is 36.7 Å². The van der Waals surface area contributed by atoms with Crippen LogP contribution in [0.3, 0.4) is 0 Å². The van der Waals surface area contributed by atoms with Crippen molar-refractivity contribution in [2.75, 3.05) is 5.43 Å². The number of benzene rings is 1. The van der Waals surface area contributed by atoms with Gasteiger partial charge in [-0.05, 0) is 33.6 Å². The van der Waals surface area contributed by atoms with Crippen molar-refractivity contribution in [3.05, 3.63) is 55.9 Å². The van der Waals surface area contributed by atoms with E-state index in [1.165, 1.54) is 6.20 Å². The summed E-state index contributed by atoms with van der Waals surface area (Å²) in [5.74, 6) is 0. The van der Waals surface area contributed by atoms with Crippen molar-refractivity contribution in [1.82, 2.24) is 10.2 Å². The first-order valence-electron chi connectivity index (χ1n) is 4.94. The molecule has 5 nitrogen and oxygen atoms in total. The quantitative estimate of drug-likeness (QED) is 0.672. The first-order chi connectivity index (χ1) is 8.66. The highest BCUT2D eigenvalue weighted by atomic mass is 79.9. The number of hydrazone groups is 1. The number of nitrogens with one attached hydrogen (secondary N) is 2. The molecule has 0 radical (unpaired) electrons. The molecule has 2 aromatic rings. The van der Waals surface area contributed by atoms with E-state index < -0.39 is 0 Å². The van der Waals surface area contributed by atoms with Crippen LogP contribution in [0.25, 0.3) is 0 Å². The number of anilines is 1. The van der Waals surface area contributed by atoms with Gasteiger partial charge in [0.1, 0.15) is 4.47 Å². The van der Waals surface area contributed by atoms with Crippen molar-refractivity contribution in [3.8, 4) is 0 Å². The Bertz CT molecular complexity index is 624. The third-order valence-corrected chi connectivity index (χ3v) is 3.10. The van der Waals surface area contributed by atoms with Gasteiger partial charge in [0.15, 0.2) is 0 Å². The highest BCUT2D eigenvalue weighted by molar-refractivity contribution is 9.10. The van der Waals surface area contributed by atoms with Gasteiger partial charge in [-0.1, -0.05) is 23.7 Å². The maximum absolute atomic E-state index is 11.2. The number of hydrogen-bond donors (Lipinski definition) is 2. The Kier molecular flexibility index (Phi) is 4.11. The Morgan fingerprint density at radius 2 is 2.11 bits per heavy atom. The lowest BCUT2D eigenvalue weighted by Gasteiger charge is -2.00. The number of nitrogens with zero attached hydrogens (tertiary/aromatic N) is 2. The number of halogens is 2. The summed E-state index contributed by atoms with van der Waals surface area (Å²) < 4.78 is 0.353. The van der Waals surface area contributed by atoms with Crippen LogP contribution in [0.1, 0.15) is 5.56 Å². The molecule has 0 aliphatic carbocycles. The molecule has 0 spiro atoms. The molecule has 7 heteroatoms. The van der Waals surface area contributed by atoms with Gasteiger partial charge in [-0.2, -0.15) is 10.2 Å². The lowest BCUT2D eigenvalue weighted by atomic mass is 10.2. The van der Waals surface area contributed by atoms with E-state index in [4.69, 9.17) is 11.6 Å². The van der Waals surface area contributed by atoms with Crippen LogP contribution in [-0.2, 0) is 0 Å². The van der Waals surface area contributed by atoms with Gasteiger partial charge in [-0.25, -0.2) is 5.10 Å². The van der Waals surface area contributed by atoms with Crippen LogP contribution >= 0.6 is 27.5 Å². The Balaban J connectivity index is 2.09. The summed E-state index contributed by atoms with van der Waals surface area (Å²) in [6.07, 6.45) is 3.08. The van der Waals surface area contributed by atoms with E-state index in [1.54, 1.807) is 18.3 Å². The second kappa shape index (κ2) is 5.79. The number of H-pyrrole nitrogens is 1. The molecule has 18 heavy (non-hydrogen) atoms. The monoisotopic (exact) mass is 326 g/mol. The molecule has 2 rings (SSSR count). The zero-order valence-electron chi connectivity index (χ0n) is 9.02. The van der Waals surface area contributed by atoms with Crippen LogP contribution < -0.4 is 11.0 Å². The summed E-state index contributed by atoms with van der Waals surface area (Å²) in [7, 11) is 0. The molecule has 0 bridgehead atoms. The van der Waals surface area contributed by atoms with Crippen LogP contribution in [0.5, 0.6) is 0 Å². The molecular weight excluding hydrogens is 320 g/mol. The van der Waals surface area contributed by atoms with Gasteiger partial charge >= 0.3 is 0 Å². The van der Waals surface area contributed by atoms with E-state index in [1.807, 2.05) is 12.1 Å². The molecule has 0 amide bonds. The minimum Gasteiger partial charge on any atom is -0.275 e. The maximum atomic E-state index is 11.2. The van der Waals surface area contributed by atoms with E-state index in [-0.39, 0.29) is 5.56 Å². The largest absolute Gasteiger partial charge is 0.280 e. The van der Waals surface area contributed by atoms with Gasteiger partial charge in [0, 0.05) is 5.02 Å². The fraction of sp³-hybridized carbons (Fsp3) is 0. The fourth-order valence-corrected chi connectivity index (χ4v) is 1.59. The van der Waals surface area contributed by atoms with Crippen molar-refractivity contribution in [2.24, 2.45) is 5.10 Å². The fourth-order valence-electron chi connectivity index (χ4n) is 1.19. The van der Waals surface area contributed by atoms with Crippen molar-refractivity contribution in [3.63, 3.8) is 0 Å². The lowest BCUT2D eigenvalue weighted by Crippen LogP contribution is -2.10. The SMILES string of the molecule is O=c1[nH]ncc(NN=Cc2ccc(Cl)cc2)c1Br. The summed E-state index contributed by atoms with van der Waals surface area (Å²) in [6.45, 7) is 0. The topological polar surface area (TPSA) is 70.1 Å². The van der Waals surface area contributed by atoms with E-state index >= 15 is 0 Å². The van der Waals surface area contributed by atoms with Gasteiger partial charge in [0.25, 0.3) is 5.56 Å². The smallest absolute Gasteiger partial charge is 0.275 e. The standard InChI is InChI=1S/C11H8BrClN4O/c12-10-9(6-15-17-11(10)18)16-14-5-7-1-3-8(13)4-2-7/h1-6H,(H2,16,17,18). The number of rotatable bonds is 3. The summed E-state index contributed by atoms with van der Waals surface area (Å²) >= 11 is 8.91. The van der Waals surface area contributed by atoms with E-state index in [0.717, 1.165) is 5.56 Å². The van der Waals surface area contributed by atoms with Crippen molar-refractivity contribution in [1.29, 1.82) is 0 Å². The third kappa shape index (κ3) is 3.18. The molecule has 0 aliphatic rings. The summed E-state index contributed by atoms with van der Waals surface area (Å²) in [6, 6.07) is 7.21. The van der Waals surface area contributed by atoms with Crippen LogP contribution in [-0.4, -0.2) is 16.4 Å². The first kappa shape index (κ1) is 12.8. The van der Waals surface area contributed by atoms with Crippen molar-refractivity contribution < 1.29 is 0 Å². The highest BCUT2D eigenvalue weighted by Crippen LogP contribution is 2.15. The minimum atomic E-state index is -0.318. The predicted molar refractivity (Wildman–Crippen MR) is 75.2 cm³/mol. The predicted octanol–water partition coefficient (Wildman–Crippen LogP) is 2.63. The van der Waals surface area contributed by atoms with Crippen LogP contribution in [0.15, 0.2) is 44.8 Å². The summed E-state index contributed by atoms with van der Waals surface area (Å²) in [5.41, 5.74) is 3.79. The van der Waals surface area contributed by atoms with Gasteiger partial charge in [-0.15, -0.1) is 0 Å². The zero-order chi connectivity index (χ0) is 13.0. The number of hydrogen-bond acceptors (Lipinski definition) is 4. The van der Waals surface area contributed by atoms with Crippen LogP contribution in [0.2, 0.25) is 5.02 Å². The van der Waals surface area contributed by atoms with E-state index in [0.29, 0.717) is 15.2 Å². The molecule has 0 unspecified atom stereocenters. The Hall–Kier alpha value is -1.66. The Labute approximate surface area is 116 Å². The molecule has 1 aromatic heterocycles. The normalized spacial score (nSPS) is 10.8. The van der Waals surface area contributed by atoms with Crippen LogP contribution in [0, 0.1) is 0 Å². The minimum absolute atomic E-state index is 0.318. The molecule has 0 fully saturated rings. The van der Waals surface area contributed by atoms with Crippen molar-refractivity contribution >= 4 is 39.4 Å². The van der Waals surface area contributed by atoms with Gasteiger partial charge in [-0.3, -0.25) is 10.2 Å². The summed E-state index contributed by atoms with van der Waals surface area (Å²) in [4.78, 5) is 11.2. The molecule has 0 saturated heterocycles.